The first kappa shape index (κ1) is 19.5. The van der Waals surface area contributed by atoms with Crippen molar-refractivity contribution >= 4 is 11.9 Å². The molecule has 148 valence electrons. The third-order valence-electron chi connectivity index (χ3n) is 8.28. The Morgan fingerprint density at radius 3 is 2.15 bits per heavy atom. The Labute approximate surface area is 158 Å². The molecule has 5 heteroatoms. The maximum Gasteiger partial charge on any atom is 0.319 e. The van der Waals surface area contributed by atoms with Crippen molar-refractivity contribution in [3.63, 3.8) is 0 Å². The first-order chi connectivity index (χ1) is 12.2. The number of carbonyl (C=O) groups excluding carboxylic acids is 2. The fraction of sp³-hybridized carbons (Fsp3) is 0.905. The Balaban J connectivity index is 1.53. The van der Waals surface area contributed by atoms with Gasteiger partial charge in [-0.1, -0.05) is 20.8 Å². The first-order valence-corrected chi connectivity index (χ1v) is 10.6. The zero-order chi connectivity index (χ0) is 19.1. The maximum atomic E-state index is 12.9. The number of fused-ring (bicyclic) bond motifs is 2. The summed E-state index contributed by atoms with van der Waals surface area (Å²) in [5.74, 6) is 1.02. The van der Waals surface area contributed by atoms with Crippen LogP contribution in [0, 0.1) is 22.7 Å². The summed E-state index contributed by atoms with van der Waals surface area (Å²) in [5, 5.41) is 3.41. The van der Waals surface area contributed by atoms with E-state index in [-0.39, 0.29) is 23.3 Å². The molecule has 3 atom stereocenters. The lowest BCUT2D eigenvalue weighted by atomic mass is 9.69. The van der Waals surface area contributed by atoms with Crippen LogP contribution < -0.4 is 5.32 Å². The lowest BCUT2D eigenvalue weighted by Crippen LogP contribution is -2.51. The van der Waals surface area contributed by atoms with E-state index >= 15 is 0 Å². The van der Waals surface area contributed by atoms with Crippen molar-refractivity contribution in [1.82, 2.24) is 15.1 Å². The summed E-state index contributed by atoms with van der Waals surface area (Å²) in [6, 6.07) is 0.440. The molecule has 3 amide bonds. The van der Waals surface area contributed by atoms with Crippen LogP contribution in [0.5, 0.6) is 0 Å². The van der Waals surface area contributed by atoms with Crippen LogP contribution in [0.25, 0.3) is 0 Å². The summed E-state index contributed by atoms with van der Waals surface area (Å²) in [6.07, 6.45) is 5.24. The Morgan fingerprint density at radius 2 is 1.69 bits per heavy atom. The number of amides is 3. The van der Waals surface area contributed by atoms with Crippen LogP contribution in [0.15, 0.2) is 0 Å². The molecule has 3 rings (SSSR count). The molecule has 0 radical (unpaired) electrons. The van der Waals surface area contributed by atoms with Gasteiger partial charge in [0.05, 0.1) is 0 Å². The number of rotatable bonds is 4. The van der Waals surface area contributed by atoms with Gasteiger partial charge in [0.1, 0.15) is 0 Å². The molecule has 0 aromatic rings. The van der Waals surface area contributed by atoms with E-state index in [1.165, 1.54) is 12.8 Å². The minimum atomic E-state index is 0.0570. The van der Waals surface area contributed by atoms with Gasteiger partial charge in [-0.05, 0) is 62.7 Å². The van der Waals surface area contributed by atoms with E-state index in [4.69, 9.17) is 0 Å². The smallest absolute Gasteiger partial charge is 0.319 e. The summed E-state index contributed by atoms with van der Waals surface area (Å²) in [5.41, 5.74) is 0.553. The number of piperidine rings is 1. The van der Waals surface area contributed by atoms with Gasteiger partial charge in [-0.2, -0.15) is 0 Å². The highest BCUT2D eigenvalue weighted by molar-refractivity contribution is 5.80. The van der Waals surface area contributed by atoms with Gasteiger partial charge >= 0.3 is 6.03 Å². The molecule has 2 saturated carbocycles. The molecule has 1 N–H and O–H groups in total. The van der Waals surface area contributed by atoms with E-state index in [1.54, 1.807) is 0 Å². The number of nitrogens with one attached hydrogen (secondary N) is 1. The van der Waals surface area contributed by atoms with E-state index in [0.29, 0.717) is 24.5 Å². The van der Waals surface area contributed by atoms with Crippen LogP contribution in [0.4, 0.5) is 4.79 Å². The van der Waals surface area contributed by atoms with Crippen molar-refractivity contribution in [2.45, 2.75) is 72.8 Å². The average molecular weight is 364 g/mol. The van der Waals surface area contributed by atoms with Gasteiger partial charge in [0.25, 0.3) is 0 Å². The summed E-state index contributed by atoms with van der Waals surface area (Å²) < 4.78 is 0. The van der Waals surface area contributed by atoms with E-state index in [0.717, 1.165) is 38.3 Å². The number of hydrogen-bond donors (Lipinski definition) is 1. The van der Waals surface area contributed by atoms with Crippen LogP contribution in [0.2, 0.25) is 0 Å². The standard InChI is InChI=1S/C21H37N3O2/c1-6-23(7-2)19(26)24-12-9-15(10-13-24)18(25)22-17-14-16-8-11-21(17,5)20(16,3)4/h15-17H,6-14H2,1-5H3,(H,22,25). The van der Waals surface area contributed by atoms with E-state index in [9.17, 15) is 9.59 Å². The highest BCUT2D eigenvalue weighted by atomic mass is 16.2. The van der Waals surface area contributed by atoms with Crippen molar-refractivity contribution in [2.24, 2.45) is 22.7 Å². The molecule has 3 fully saturated rings. The maximum absolute atomic E-state index is 12.9. The van der Waals surface area contributed by atoms with Crippen molar-refractivity contribution < 1.29 is 9.59 Å². The lowest BCUT2D eigenvalue weighted by Gasteiger charge is -2.40. The predicted octanol–water partition coefficient (Wildman–Crippen LogP) is 3.49. The fourth-order valence-corrected chi connectivity index (χ4v) is 5.74. The molecule has 26 heavy (non-hydrogen) atoms. The number of urea groups is 1. The number of hydrogen-bond acceptors (Lipinski definition) is 2. The highest BCUT2D eigenvalue weighted by Gasteiger charge is 2.61. The molecule has 5 nitrogen and oxygen atoms in total. The quantitative estimate of drug-likeness (QED) is 0.831. The van der Waals surface area contributed by atoms with Crippen LogP contribution in [-0.2, 0) is 4.79 Å². The van der Waals surface area contributed by atoms with Crippen LogP contribution in [-0.4, -0.2) is 54.0 Å². The molecule has 0 aromatic carbocycles. The topological polar surface area (TPSA) is 52.7 Å². The van der Waals surface area contributed by atoms with E-state index < -0.39 is 0 Å². The molecule has 2 bridgehead atoms. The molecule has 1 saturated heterocycles. The van der Waals surface area contributed by atoms with Crippen molar-refractivity contribution in [1.29, 1.82) is 0 Å². The van der Waals surface area contributed by atoms with Gasteiger partial charge < -0.3 is 15.1 Å². The third-order valence-corrected chi connectivity index (χ3v) is 8.28. The van der Waals surface area contributed by atoms with Gasteiger partial charge in [-0.25, -0.2) is 4.79 Å². The van der Waals surface area contributed by atoms with Crippen molar-refractivity contribution in [3.8, 4) is 0 Å². The Morgan fingerprint density at radius 1 is 1.08 bits per heavy atom. The first-order valence-electron chi connectivity index (χ1n) is 10.6. The summed E-state index contributed by atoms with van der Waals surface area (Å²) in [6.45, 7) is 14.0. The Kier molecular flexibility index (Phi) is 5.28. The predicted molar refractivity (Wildman–Crippen MR) is 104 cm³/mol. The normalized spacial score (nSPS) is 33.3. The van der Waals surface area contributed by atoms with Gasteiger partial charge in [0.2, 0.25) is 5.91 Å². The highest BCUT2D eigenvalue weighted by Crippen LogP contribution is 2.65. The molecular formula is C21H37N3O2. The SMILES string of the molecule is CCN(CC)C(=O)N1CCC(C(=O)NC2CC3CCC2(C)C3(C)C)CC1. The van der Waals surface area contributed by atoms with E-state index in [2.05, 4.69) is 26.1 Å². The Bertz CT molecular complexity index is 549. The molecule has 1 heterocycles. The largest absolute Gasteiger partial charge is 0.353 e. The second-order valence-corrected chi connectivity index (χ2v) is 9.39. The third kappa shape index (κ3) is 3.01. The molecule has 3 aliphatic rings. The summed E-state index contributed by atoms with van der Waals surface area (Å²) in [7, 11) is 0. The molecule has 3 unspecified atom stereocenters. The fourth-order valence-electron chi connectivity index (χ4n) is 5.74. The van der Waals surface area contributed by atoms with Gasteiger partial charge in [-0.15, -0.1) is 0 Å². The summed E-state index contributed by atoms with van der Waals surface area (Å²) >= 11 is 0. The van der Waals surface area contributed by atoms with Crippen LogP contribution in [0.3, 0.4) is 0 Å². The second-order valence-electron chi connectivity index (χ2n) is 9.39. The second kappa shape index (κ2) is 7.05. The number of nitrogens with zero attached hydrogens (tertiary/aromatic N) is 2. The van der Waals surface area contributed by atoms with Crippen LogP contribution >= 0.6 is 0 Å². The van der Waals surface area contributed by atoms with Crippen molar-refractivity contribution in [2.75, 3.05) is 26.2 Å². The number of carbonyl (C=O) groups is 2. The van der Waals surface area contributed by atoms with Crippen molar-refractivity contribution in [3.05, 3.63) is 0 Å². The molecule has 1 aliphatic heterocycles. The molecule has 0 aromatic heterocycles. The van der Waals surface area contributed by atoms with Gasteiger partial charge in [-0.3, -0.25) is 4.79 Å². The Hall–Kier alpha value is -1.26. The van der Waals surface area contributed by atoms with E-state index in [1.807, 2.05) is 23.6 Å². The zero-order valence-electron chi connectivity index (χ0n) is 17.3. The summed E-state index contributed by atoms with van der Waals surface area (Å²) in [4.78, 5) is 29.1. The average Bonchev–Trinajstić information content (AvgIpc) is 2.96. The molecule has 0 spiro atoms. The molecular weight excluding hydrogens is 326 g/mol. The van der Waals surface area contributed by atoms with Gasteiger partial charge in [0.15, 0.2) is 0 Å². The number of likely N-dealkylation sites (tertiary alicyclic amines) is 1. The minimum absolute atomic E-state index is 0.0570. The minimum Gasteiger partial charge on any atom is -0.353 e. The van der Waals surface area contributed by atoms with Crippen LogP contribution in [0.1, 0.15) is 66.7 Å². The monoisotopic (exact) mass is 363 g/mol. The zero-order valence-corrected chi connectivity index (χ0v) is 17.3. The molecule has 2 aliphatic carbocycles. The van der Waals surface area contributed by atoms with Gasteiger partial charge in [0, 0.05) is 38.1 Å². The lowest BCUT2D eigenvalue weighted by molar-refractivity contribution is -0.128.